The predicted molar refractivity (Wildman–Crippen MR) is 78.1 cm³/mol. The zero-order valence-corrected chi connectivity index (χ0v) is 12.7. The highest BCUT2D eigenvalue weighted by molar-refractivity contribution is 7.91. The fraction of sp³-hybridized carbons (Fsp3) is 0.417. The molecule has 1 amide bonds. The van der Waals surface area contributed by atoms with Crippen molar-refractivity contribution in [3.8, 4) is 0 Å². The molecule has 2 rings (SSSR count). The molecule has 1 fully saturated rings. The van der Waals surface area contributed by atoms with Crippen LogP contribution in [-0.4, -0.2) is 49.0 Å². The molecule has 1 aromatic carbocycles. The second-order valence-corrected chi connectivity index (χ2v) is 7.44. The molecule has 1 aliphatic rings. The van der Waals surface area contributed by atoms with Crippen molar-refractivity contribution in [2.24, 2.45) is 0 Å². The maximum Gasteiger partial charge on any atom is 0.242 e. The first-order chi connectivity index (χ1) is 9.34. The molecular weight excluding hydrogens is 325 g/mol. The summed E-state index contributed by atoms with van der Waals surface area (Å²) in [5, 5.41) is 10.4. The van der Waals surface area contributed by atoms with Crippen molar-refractivity contribution in [2.45, 2.75) is 12.1 Å². The molecule has 0 aromatic heterocycles. The van der Waals surface area contributed by atoms with Gasteiger partial charge >= 0.3 is 0 Å². The van der Waals surface area contributed by atoms with E-state index in [-0.39, 0.29) is 17.4 Å². The summed E-state index contributed by atoms with van der Waals surface area (Å²) in [4.78, 5) is 13.2. The fourth-order valence-electron chi connectivity index (χ4n) is 2.24. The van der Waals surface area contributed by atoms with E-state index < -0.39 is 27.9 Å². The molecule has 1 heterocycles. The third kappa shape index (κ3) is 3.25. The van der Waals surface area contributed by atoms with Crippen molar-refractivity contribution < 1.29 is 18.3 Å². The molecule has 1 N–H and O–H groups in total. The third-order valence-corrected chi connectivity index (χ3v) is 5.29. The molecule has 0 radical (unpaired) electrons. The van der Waals surface area contributed by atoms with Crippen LogP contribution in [0.25, 0.3) is 0 Å². The largest absolute Gasteiger partial charge is 0.390 e. The summed E-state index contributed by atoms with van der Waals surface area (Å²) >= 11 is 11.4. The molecular formula is C12H13Cl2NO4S. The van der Waals surface area contributed by atoms with Crippen LogP contribution in [0.15, 0.2) is 24.3 Å². The van der Waals surface area contributed by atoms with Gasteiger partial charge in [0.1, 0.15) is 5.88 Å². The second kappa shape index (κ2) is 5.89. The van der Waals surface area contributed by atoms with Crippen molar-refractivity contribution in [3.63, 3.8) is 0 Å². The number of aliphatic hydroxyl groups excluding tert-OH is 1. The van der Waals surface area contributed by atoms with E-state index >= 15 is 0 Å². The Morgan fingerprint density at radius 1 is 1.30 bits per heavy atom. The summed E-state index contributed by atoms with van der Waals surface area (Å²) in [5.74, 6) is -1.39. The van der Waals surface area contributed by atoms with Gasteiger partial charge in [0.15, 0.2) is 9.84 Å². The number of amides is 1. The SMILES string of the molecule is O=C(CCl)N(c1ccc(Cl)cc1)[C@H]1CS(=O)(=O)C[C@@H]1O. The van der Waals surface area contributed by atoms with Gasteiger partial charge in [-0.1, -0.05) is 11.6 Å². The highest BCUT2D eigenvalue weighted by Crippen LogP contribution is 2.26. The van der Waals surface area contributed by atoms with Gasteiger partial charge in [0.05, 0.1) is 23.7 Å². The Bertz CT molecular complexity index is 602. The Hall–Kier alpha value is -0.820. The van der Waals surface area contributed by atoms with Crippen LogP contribution in [-0.2, 0) is 14.6 Å². The van der Waals surface area contributed by atoms with Crippen LogP contribution in [0, 0.1) is 0 Å². The average molecular weight is 338 g/mol. The number of aliphatic hydroxyl groups is 1. The van der Waals surface area contributed by atoms with Crippen LogP contribution >= 0.6 is 23.2 Å². The fourth-order valence-corrected chi connectivity index (χ4v) is 4.27. The summed E-state index contributed by atoms with van der Waals surface area (Å²) in [5.41, 5.74) is 0.459. The standard InChI is InChI=1S/C12H13Cl2NO4S/c13-5-12(17)15(9-3-1-8(14)2-4-9)10-6-20(18,19)7-11(10)16/h1-4,10-11,16H,5-7H2/t10-,11-/m0/s1. The van der Waals surface area contributed by atoms with Crippen molar-refractivity contribution in [3.05, 3.63) is 29.3 Å². The highest BCUT2D eigenvalue weighted by atomic mass is 35.5. The van der Waals surface area contributed by atoms with E-state index in [9.17, 15) is 18.3 Å². The molecule has 8 heteroatoms. The zero-order chi connectivity index (χ0) is 14.9. The molecule has 110 valence electrons. The van der Waals surface area contributed by atoms with Crippen molar-refractivity contribution in [1.82, 2.24) is 0 Å². The number of halogens is 2. The highest BCUT2D eigenvalue weighted by Gasteiger charge is 2.42. The van der Waals surface area contributed by atoms with Gasteiger partial charge in [-0.2, -0.15) is 0 Å². The first-order valence-electron chi connectivity index (χ1n) is 5.86. The molecule has 1 aromatic rings. The predicted octanol–water partition coefficient (Wildman–Crippen LogP) is 1.07. The van der Waals surface area contributed by atoms with E-state index in [0.717, 1.165) is 0 Å². The number of benzene rings is 1. The topological polar surface area (TPSA) is 74.7 Å². The minimum absolute atomic E-state index is 0.278. The second-order valence-electron chi connectivity index (χ2n) is 4.59. The van der Waals surface area contributed by atoms with E-state index in [4.69, 9.17) is 23.2 Å². The molecule has 0 aliphatic carbocycles. The molecule has 0 unspecified atom stereocenters. The van der Waals surface area contributed by atoms with Gasteiger partial charge in [0.2, 0.25) is 5.91 Å². The van der Waals surface area contributed by atoms with Crippen LogP contribution in [0.1, 0.15) is 0 Å². The number of hydrogen-bond donors (Lipinski definition) is 1. The van der Waals surface area contributed by atoms with Crippen molar-refractivity contribution in [1.29, 1.82) is 0 Å². The smallest absolute Gasteiger partial charge is 0.242 e. The zero-order valence-electron chi connectivity index (χ0n) is 10.4. The Balaban J connectivity index is 2.38. The minimum Gasteiger partial charge on any atom is -0.390 e. The number of carbonyl (C=O) groups excluding carboxylic acids is 1. The van der Waals surface area contributed by atoms with Crippen LogP contribution in [0.2, 0.25) is 5.02 Å². The molecule has 1 saturated heterocycles. The number of hydrogen-bond acceptors (Lipinski definition) is 4. The van der Waals surface area contributed by atoms with Gasteiger partial charge in [-0.3, -0.25) is 4.79 Å². The molecule has 2 atom stereocenters. The summed E-state index contributed by atoms with van der Waals surface area (Å²) in [6, 6.07) is 5.52. The Labute approximate surface area is 127 Å². The van der Waals surface area contributed by atoms with Gasteiger partial charge in [0.25, 0.3) is 0 Å². The average Bonchev–Trinajstić information content (AvgIpc) is 2.65. The lowest BCUT2D eigenvalue weighted by Gasteiger charge is -2.29. The van der Waals surface area contributed by atoms with Crippen molar-refractivity contribution >= 4 is 44.6 Å². The van der Waals surface area contributed by atoms with E-state index in [1.54, 1.807) is 24.3 Å². The lowest BCUT2D eigenvalue weighted by molar-refractivity contribution is -0.117. The van der Waals surface area contributed by atoms with E-state index in [2.05, 4.69) is 0 Å². The number of alkyl halides is 1. The van der Waals surface area contributed by atoms with Gasteiger partial charge < -0.3 is 10.0 Å². The number of sulfone groups is 1. The third-order valence-electron chi connectivity index (χ3n) is 3.11. The number of rotatable bonds is 3. The Morgan fingerprint density at radius 3 is 2.35 bits per heavy atom. The maximum atomic E-state index is 12.0. The summed E-state index contributed by atoms with van der Waals surface area (Å²) in [7, 11) is -3.36. The number of nitrogens with zero attached hydrogens (tertiary/aromatic N) is 1. The van der Waals surface area contributed by atoms with E-state index in [1.807, 2.05) is 0 Å². The summed E-state index contributed by atoms with van der Waals surface area (Å²) in [6.45, 7) is 0. The van der Waals surface area contributed by atoms with Crippen LogP contribution in [0.3, 0.4) is 0 Å². The first kappa shape index (κ1) is 15.6. The van der Waals surface area contributed by atoms with Crippen LogP contribution in [0.4, 0.5) is 5.69 Å². The Morgan fingerprint density at radius 2 is 1.90 bits per heavy atom. The van der Waals surface area contributed by atoms with E-state index in [1.165, 1.54) is 4.90 Å². The Kier molecular flexibility index (Phi) is 4.59. The van der Waals surface area contributed by atoms with Crippen molar-refractivity contribution in [2.75, 3.05) is 22.3 Å². The number of anilines is 1. The first-order valence-corrected chi connectivity index (χ1v) is 8.59. The van der Waals surface area contributed by atoms with E-state index in [0.29, 0.717) is 10.7 Å². The van der Waals surface area contributed by atoms with Gasteiger partial charge in [-0.25, -0.2) is 8.42 Å². The molecule has 1 aliphatic heterocycles. The minimum atomic E-state index is -3.36. The quantitative estimate of drug-likeness (QED) is 0.837. The number of carbonyl (C=O) groups is 1. The van der Waals surface area contributed by atoms with Crippen LogP contribution < -0.4 is 4.90 Å². The van der Waals surface area contributed by atoms with Gasteiger partial charge in [0, 0.05) is 10.7 Å². The molecule has 5 nitrogen and oxygen atoms in total. The lowest BCUT2D eigenvalue weighted by Crippen LogP contribution is -2.47. The molecule has 0 bridgehead atoms. The lowest BCUT2D eigenvalue weighted by atomic mass is 10.1. The molecule has 0 spiro atoms. The normalized spacial score (nSPS) is 24.6. The molecule has 0 saturated carbocycles. The van der Waals surface area contributed by atoms with Crippen LogP contribution in [0.5, 0.6) is 0 Å². The van der Waals surface area contributed by atoms with Gasteiger partial charge in [-0.05, 0) is 24.3 Å². The van der Waals surface area contributed by atoms with Gasteiger partial charge in [-0.15, -0.1) is 11.6 Å². The monoisotopic (exact) mass is 337 g/mol. The molecule has 20 heavy (non-hydrogen) atoms. The summed E-state index contributed by atoms with van der Waals surface area (Å²) < 4.78 is 23.2. The summed E-state index contributed by atoms with van der Waals surface area (Å²) in [6.07, 6.45) is -1.12. The maximum absolute atomic E-state index is 12.0.